The van der Waals surface area contributed by atoms with Crippen LogP contribution < -0.4 is 5.73 Å². The Labute approximate surface area is 128 Å². The molecular formula is C18H29NO2. The highest BCUT2D eigenvalue weighted by molar-refractivity contribution is 5.16. The van der Waals surface area contributed by atoms with Crippen LogP contribution in [-0.2, 0) is 11.2 Å². The lowest BCUT2D eigenvalue weighted by atomic mass is 9.80. The first-order valence-electron chi connectivity index (χ1n) is 8.15. The van der Waals surface area contributed by atoms with Crippen LogP contribution >= 0.6 is 0 Å². The van der Waals surface area contributed by atoms with E-state index in [0.29, 0.717) is 18.9 Å². The highest BCUT2D eigenvalue weighted by Crippen LogP contribution is 2.30. The minimum atomic E-state index is -0.597. The molecule has 1 saturated carbocycles. The highest BCUT2D eigenvalue weighted by Gasteiger charge is 2.26. The first kappa shape index (κ1) is 16.5. The largest absolute Gasteiger partial charge is 0.389 e. The molecule has 5 atom stereocenters. The van der Waals surface area contributed by atoms with Crippen molar-refractivity contribution in [3.63, 3.8) is 0 Å². The van der Waals surface area contributed by atoms with Crippen LogP contribution in [0.15, 0.2) is 30.3 Å². The summed E-state index contributed by atoms with van der Waals surface area (Å²) in [6.45, 7) is 4.95. The van der Waals surface area contributed by atoms with Crippen LogP contribution in [0.1, 0.15) is 38.7 Å². The van der Waals surface area contributed by atoms with Gasteiger partial charge in [0.2, 0.25) is 0 Å². The van der Waals surface area contributed by atoms with E-state index in [1.54, 1.807) is 0 Å². The van der Waals surface area contributed by atoms with Gasteiger partial charge in [-0.3, -0.25) is 0 Å². The van der Waals surface area contributed by atoms with Gasteiger partial charge in [0.15, 0.2) is 0 Å². The van der Waals surface area contributed by atoms with E-state index in [1.165, 1.54) is 6.42 Å². The third kappa shape index (κ3) is 5.10. The molecule has 0 heterocycles. The SMILES string of the molecule is CC1CCC(OCC(O)C(N)Cc2ccccc2)CC1C. The number of aliphatic hydroxyl groups excluding tert-OH is 1. The first-order chi connectivity index (χ1) is 10.1. The van der Waals surface area contributed by atoms with Crippen molar-refractivity contribution in [3.05, 3.63) is 35.9 Å². The average Bonchev–Trinajstić information content (AvgIpc) is 2.49. The predicted molar refractivity (Wildman–Crippen MR) is 86.0 cm³/mol. The lowest BCUT2D eigenvalue weighted by Gasteiger charge is -2.32. The van der Waals surface area contributed by atoms with E-state index >= 15 is 0 Å². The summed E-state index contributed by atoms with van der Waals surface area (Å²) in [5.74, 6) is 1.49. The summed E-state index contributed by atoms with van der Waals surface area (Å²) in [5.41, 5.74) is 7.24. The Hall–Kier alpha value is -0.900. The summed E-state index contributed by atoms with van der Waals surface area (Å²) >= 11 is 0. The number of benzene rings is 1. The molecule has 0 spiro atoms. The van der Waals surface area contributed by atoms with Crippen molar-refractivity contribution in [1.82, 2.24) is 0 Å². The van der Waals surface area contributed by atoms with Crippen LogP contribution in [0.25, 0.3) is 0 Å². The van der Waals surface area contributed by atoms with Gasteiger partial charge in [0.05, 0.1) is 18.8 Å². The van der Waals surface area contributed by atoms with Gasteiger partial charge in [0, 0.05) is 6.04 Å². The zero-order valence-corrected chi connectivity index (χ0v) is 13.2. The molecule has 1 aromatic carbocycles. The number of rotatable bonds is 6. The van der Waals surface area contributed by atoms with E-state index < -0.39 is 6.10 Å². The van der Waals surface area contributed by atoms with Gasteiger partial charge in [-0.15, -0.1) is 0 Å². The van der Waals surface area contributed by atoms with Crippen molar-refractivity contribution in [2.75, 3.05) is 6.61 Å². The molecule has 1 aromatic rings. The number of aliphatic hydroxyl groups is 1. The highest BCUT2D eigenvalue weighted by atomic mass is 16.5. The van der Waals surface area contributed by atoms with E-state index in [-0.39, 0.29) is 12.1 Å². The first-order valence-corrected chi connectivity index (χ1v) is 8.15. The summed E-state index contributed by atoms with van der Waals surface area (Å²) < 4.78 is 5.89. The van der Waals surface area contributed by atoms with E-state index in [2.05, 4.69) is 13.8 Å². The third-order valence-electron chi connectivity index (χ3n) is 4.86. The average molecular weight is 291 g/mol. The molecule has 21 heavy (non-hydrogen) atoms. The van der Waals surface area contributed by atoms with Gasteiger partial charge < -0.3 is 15.6 Å². The maximum Gasteiger partial charge on any atom is 0.0927 e. The van der Waals surface area contributed by atoms with Crippen LogP contribution in [0.3, 0.4) is 0 Å². The van der Waals surface area contributed by atoms with Crippen molar-refractivity contribution >= 4 is 0 Å². The number of ether oxygens (including phenoxy) is 1. The molecule has 0 amide bonds. The van der Waals surface area contributed by atoms with Crippen LogP contribution in [0, 0.1) is 11.8 Å². The van der Waals surface area contributed by atoms with E-state index in [1.807, 2.05) is 30.3 Å². The third-order valence-corrected chi connectivity index (χ3v) is 4.86. The van der Waals surface area contributed by atoms with Gasteiger partial charge in [-0.25, -0.2) is 0 Å². The maximum atomic E-state index is 10.2. The number of nitrogens with two attached hydrogens (primary N) is 1. The molecule has 0 aliphatic heterocycles. The minimum absolute atomic E-state index is 0.271. The van der Waals surface area contributed by atoms with Crippen LogP contribution in [0.4, 0.5) is 0 Å². The molecule has 3 heteroatoms. The van der Waals surface area contributed by atoms with Crippen molar-refractivity contribution in [1.29, 1.82) is 0 Å². The van der Waals surface area contributed by atoms with E-state index in [9.17, 15) is 5.11 Å². The smallest absolute Gasteiger partial charge is 0.0927 e. The van der Waals surface area contributed by atoms with Gasteiger partial charge in [-0.1, -0.05) is 44.2 Å². The molecule has 0 aromatic heterocycles. The second kappa shape index (κ2) is 7.92. The lowest BCUT2D eigenvalue weighted by Crippen LogP contribution is -2.41. The zero-order valence-electron chi connectivity index (χ0n) is 13.2. The molecule has 0 saturated heterocycles. The second-order valence-electron chi connectivity index (χ2n) is 6.64. The van der Waals surface area contributed by atoms with Crippen molar-refractivity contribution < 1.29 is 9.84 Å². The van der Waals surface area contributed by atoms with Gasteiger partial charge in [0.1, 0.15) is 0 Å². The fraction of sp³-hybridized carbons (Fsp3) is 0.667. The predicted octanol–water partition coefficient (Wildman–Crippen LogP) is 2.76. The fourth-order valence-electron chi connectivity index (χ4n) is 3.03. The normalized spacial score (nSPS) is 29.0. The standard InChI is InChI=1S/C18H29NO2/c1-13-8-9-16(10-14(13)2)21-12-18(20)17(19)11-15-6-4-3-5-7-15/h3-7,13-14,16-18,20H,8-12,19H2,1-2H3. The Morgan fingerprint density at radius 3 is 2.57 bits per heavy atom. The molecule has 3 nitrogen and oxygen atoms in total. The molecule has 1 fully saturated rings. The van der Waals surface area contributed by atoms with E-state index in [4.69, 9.17) is 10.5 Å². The number of hydrogen-bond donors (Lipinski definition) is 2. The molecule has 2 rings (SSSR count). The Morgan fingerprint density at radius 2 is 1.90 bits per heavy atom. The maximum absolute atomic E-state index is 10.2. The fourth-order valence-corrected chi connectivity index (χ4v) is 3.03. The summed E-state index contributed by atoms with van der Waals surface area (Å²) in [7, 11) is 0. The van der Waals surface area contributed by atoms with E-state index in [0.717, 1.165) is 24.3 Å². The quantitative estimate of drug-likeness (QED) is 0.847. The molecule has 0 radical (unpaired) electrons. The Bertz CT molecular complexity index is 409. The Balaban J connectivity index is 1.72. The van der Waals surface area contributed by atoms with Crippen molar-refractivity contribution in [2.45, 2.75) is 57.8 Å². The summed E-state index contributed by atoms with van der Waals surface area (Å²) in [6, 6.07) is 9.78. The molecule has 0 bridgehead atoms. The van der Waals surface area contributed by atoms with Crippen LogP contribution in [0.5, 0.6) is 0 Å². The molecule has 3 N–H and O–H groups in total. The topological polar surface area (TPSA) is 55.5 Å². The summed E-state index contributed by atoms with van der Waals surface area (Å²) in [6.07, 6.45) is 3.80. The molecule has 1 aliphatic rings. The Kier molecular flexibility index (Phi) is 6.22. The Morgan fingerprint density at radius 1 is 1.19 bits per heavy atom. The van der Waals surface area contributed by atoms with Gasteiger partial charge in [0.25, 0.3) is 0 Å². The van der Waals surface area contributed by atoms with Gasteiger partial charge in [-0.2, -0.15) is 0 Å². The second-order valence-corrected chi connectivity index (χ2v) is 6.64. The molecule has 1 aliphatic carbocycles. The van der Waals surface area contributed by atoms with Crippen LogP contribution in [-0.4, -0.2) is 30.0 Å². The summed E-state index contributed by atoms with van der Waals surface area (Å²) in [5, 5.41) is 10.2. The van der Waals surface area contributed by atoms with Gasteiger partial charge >= 0.3 is 0 Å². The molecule has 5 unspecified atom stereocenters. The van der Waals surface area contributed by atoms with Crippen molar-refractivity contribution in [2.24, 2.45) is 17.6 Å². The zero-order chi connectivity index (χ0) is 15.2. The van der Waals surface area contributed by atoms with Crippen LogP contribution in [0.2, 0.25) is 0 Å². The summed E-state index contributed by atoms with van der Waals surface area (Å²) in [4.78, 5) is 0. The number of hydrogen-bond acceptors (Lipinski definition) is 3. The van der Waals surface area contributed by atoms with Gasteiger partial charge in [-0.05, 0) is 43.1 Å². The lowest BCUT2D eigenvalue weighted by molar-refractivity contribution is -0.0448. The minimum Gasteiger partial charge on any atom is -0.389 e. The monoisotopic (exact) mass is 291 g/mol. The van der Waals surface area contributed by atoms with Crippen molar-refractivity contribution in [3.8, 4) is 0 Å². The molecule has 118 valence electrons. The molecular weight excluding hydrogens is 262 g/mol.